The summed E-state index contributed by atoms with van der Waals surface area (Å²) in [6.07, 6.45) is 2.57. The van der Waals surface area contributed by atoms with Gasteiger partial charge in [0.1, 0.15) is 0 Å². The molecule has 1 fully saturated rings. The number of nitrogens with two attached hydrogens (primary N) is 1. The summed E-state index contributed by atoms with van der Waals surface area (Å²) in [7, 11) is 3.16. The van der Waals surface area contributed by atoms with Gasteiger partial charge in [0.25, 0.3) is 0 Å². The van der Waals surface area contributed by atoms with Gasteiger partial charge < -0.3 is 10.5 Å². The molecule has 12 heavy (non-hydrogen) atoms. The highest BCUT2D eigenvalue weighted by Crippen LogP contribution is 2.34. The monoisotopic (exact) mass is 195 g/mol. The Kier molecular flexibility index (Phi) is 9.43. The second-order valence-electron chi connectivity index (χ2n) is 2.31. The predicted octanol–water partition coefficient (Wildman–Crippen LogP) is 0.967. The molecular weight excluding hydrogens is 178 g/mol. The van der Waals surface area contributed by atoms with Crippen molar-refractivity contribution in [2.75, 3.05) is 27.4 Å². The first-order chi connectivity index (χ1) is 5.85. The number of hydrogen-bond acceptors (Lipinski definition) is 5. The van der Waals surface area contributed by atoms with Crippen molar-refractivity contribution >= 4 is 12.0 Å². The first kappa shape index (κ1) is 12.2. The number of methoxy groups -OCH3 is 1. The normalized spacial score (nSPS) is 15.2. The van der Waals surface area contributed by atoms with Crippen molar-refractivity contribution in [3.63, 3.8) is 0 Å². The van der Waals surface area contributed by atoms with Crippen LogP contribution in [0.15, 0.2) is 0 Å². The number of rotatable bonds is 5. The Bertz CT molecular complexity index is 88.7. The minimum atomic E-state index is 0.622. The third-order valence-electron chi connectivity index (χ3n) is 1.09. The fraction of sp³-hybridized carbons (Fsp3) is 1.00. The zero-order chi connectivity index (χ0) is 9.23. The average molecular weight is 195 g/mol. The van der Waals surface area contributed by atoms with E-state index in [-0.39, 0.29) is 0 Å². The van der Waals surface area contributed by atoms with Gasteiger partial charge in [-0.2, -0.15) is 4.33 Å². The molecule has 0 aromatic heterocycles. The standard InChI is InChI=1S/C4H8O2S.C3H9NO/c1-5-6-7-4-2-3-4;1-5-3-2-4/h4H,2-3H2,1H3;2-4H2,1H3. The Balaban J connectivity index is 0.000000217. The van der Waals surface area contributed by atoms with E-state index in [1.54, 1.807) is 7.11 Å². The van der Waals surface area contributed by atoms with E-state index in [0.29, 0.717) is 13.2 Å². The quantitative estimate of drug-likeness (QED) is 0.402. The van der Waals surface area contributed by atoms with Crippen molar-refractivity contribution in [3.8, 4) is 0 Å². The highest BCUT2D eigenvalue weighted by molar-refractivity contribution is 7.95. The van der Waals surface area contributed by atoms with Crippen LogP contribution in [0.5, 0.6) is 0 Å². The van der Waals surface area contributed by atoms with Crippen molar-refractivity contribution < 1.29 is 14.0 Å². The molecule has 0 atom stereocenters. The molecule has 0 amide bonds. The lowest BCUT2D eigenvalue weighted by Crippen LogP contribution is -2.05. The highest BCUT2D eigenvalue weighted by Gasteiger charge is 2.23. The molecule has 4 nitrogen and oxygen atoms in total. The van der Waals surface area contributed by atoms with Crippen LogP contribution in [0, 0.1) is 0 Å². The molecule has 1 aliphatic carbocycles. The van der Waals surface area contributed by atoms with E-state index < -0.39 is 0 Å². The maximum absolute atomic E-state index is 5.01. The van der Waals surface area contributed by atoms with Crippen LogP contribution in [0.1, 0.15) is 12.8 Å². The summed E-state index contributed by atoms with van der Waals surface area (Å²) in [6, 6.07) is 0. The summed E-state index contributed by atoms with van der Waals surface area (Å²) in [5.74, 6) is 0. The molecule has 0 heterocycles. The molecule has 0 saturated heterocycles. The SMILES string of the molecule is COCCN.COOSC1CC1. The van der Waals surface area contributed by atoms with Crippen LogP contribution >= 0.6 is 12.0 Å². The molecule has 2 N–H and O–H groups in total. The van der Waals surface area contributed by atoms with Gasteiger partial charge >= 0.3 is 0 Å². The van der Waals surface area contributed by atoms with E-state index in [0.717, 1.165) is 5.25 Å². The minimum Gasteiger partial charge on any atom is -0.383 e. The van der Waals surface area contributed by atoms with E-state index in [9.17, 15) is 0 Å². The molecule has 1 aliphatic rings. The van der Waals surface area contributed by atoms with Crippen LogP contribution in [0.2, 0.25) is 0 Å². The summed E-state index contributed by atoms with van der Waals surface area (Å²) < 4.78 is 9.14. The summed E-state index contributed by atoms with van der Waals surface area (Å²) in [6.45, 7) is 1.29. The predicted molar refractivity (Wildman–Crippen MR) is 49.6 cm³/mol. The maximum atomic E-state index is 5.01. The highest BCUT2D eigenvalue weighted by atomic mass is 32.2. The van der Waals surface area contributed by atoms with Crippen molar-refractivity contribution in [3.05, 3.63) is 0 Å². The molecule has 0 radical (unpaired) electrons. The Morgan fingerprint density at radius 2 is 2.08 bits per heavy atom. The minimum absolute atomic E-state index is 0.622. The third-order valence-corrected chi connectivity index (χ3v) is 2.05. The van der Waals surface area contributed by atoms with Gasteiger partial charge in [-0.3, -0.25) is 0 Å². The fourth-order valence-electron chi connectivity index (χ4n) is 0.377. The summed E-state index contributed by atoms with van der Waals surface area (Å²) >= 11 is 1.42. The Morgan fingerprint density at radius 1 is 1.42 bits per heavy atom. The van der Waals surface area contributed by atoms with E-state index >= 15 is 0 Å². The van der Waals surface area contributed by atoms with E-state index in [4.69, 9.17) is 5.73 Å². The van der Waals surface area contributed by atoms with Crippen molar-refractivity contribution in [2.45, 2.75) is 18.1 Å². The van der Waals surface area contributed by atoms with Gasteiger partial charge in [-0.1, -0.05) is 0 Å². The van der Waals surface area contributed by atoms with Crippen LogP contribution < -0.4 is 5.73 Å². The zero-order valence-electron chi connectivity index (χ0n) is 7.62. The maximum Gasteiger partial charge on any atom is 0.0725 e. The van der Waals surface area contributed by atoms with E-state index in [1.807, 2.05) is 0 Å². The van der Waals surface area contributed by atoms with Crippen molar-refractivity contribution in [2.24, 2.45) is 5.73 Å². The lowest BCUT2D eigenvalue weighted by Gasteiger charge is -1.90. The lowest BCUT2D eigenvalue weighted by molar-refractivity contribution is -0.160. The first-order valence-corrected chi connectivity index (χ1v) is 4.70. The number of hydrogen-bond donors (Lipinski definition) is 1. The van der Waals surface area contributed by atoms with Gasteiger partial charge in [-0.05, 0) is 12.8 Å². The molecular formula is C7H17NO3S. The van der Waals surface area contributed by atoms with Gasteiger partial charge in [0.2, 0.25) is 0 Å². The third kappa shape index (κ3) is 10.2. The van der Waals surface area contributed by atoms with Crippen LogP contribution in [0.25, 0.3) is 0 Å². The summed E-state index contributed by atoms with van der Waals surface area (Å²) in [5, 5.41) is 0.722. The largest absolute Gasteiger partial charge is 0.383 e. The van der Waals surface area contributed by atoms with Crippen LogP contribution in [0.3, 0.4) is 0 Å². The molecule has 0 aromatic rings. The van der Waals surface area contributed by atoms with Crippen molar-refractivity contribution in [1.82, 2.24) is 0 Å². The summed E-state index contributed by atoms with van der Waals surface area (Å²) in [4.78, 5) is 4.36. The second-order valence-corrected chi connectivity index (χ2v) is 3.31. The van der Waals surface area contributed by atoms with Gasteiger partial charge in [-0.25, -0.2) is 4.89 Å². The van der Waals surface area contributed by atoms with Gasteiger partial charge in [0, 0.05) is 30.9 Å². The topological polar surface area (TPSA) is 53.7 Å². The Morgan fingerprint density at radius 3 is 2.33 bits per heavy atom. The molecule has 1 saturated carbocycles. The smallest absolute Gasteiger partial charge is 0.0725 e. The molecule has 0 aliphatic heterocycles. The van der Waals surface area contributed by atoms with Crippen molar-refractivity contribution in [1.29, 1.82) is 0 Å². The molecule has 1 rings (SSSR count). The van der Waals surface area contributed by atoms with Crippen LogP contribution in [-0.2, 0) is 14.0 Å². The first-order valence-electron chi connectivity index (χ1n) is 3.90. The molecule has 0 spiro atoms. The molecule has 74 valence electrons. The zero-order valence-corrected chi connectivity index (χ0v) is 8.43. The van der Waals surface area contributed by atoms with E-state index in [2.05, 4.69) is 14.0 Å². The second kappa shape index (κ2) is 9.28. The van der Waals surface area contributed by atoms with Crippen LogP contribution in [0.4, 0.5) is 0 Å². The molecule has 5 heteroatoms. The lowest BCUT2D eigenvalue weighted by atomic mass is 10.7. The van der Waals surface area contributed by atoms with E-state index in [1.165, 1.54) is 32.0 Å². The number of ether oxygens (including phenoxy) is 1. The van der Waals surface area contributed by atoms with Gasteiger partial charge in [0.15, 0.2) is 0 Å². The summed E-state index contributed by atoms with van der Waals surface area (Å²) in [5.41, 5.74) is 5.01. The molecule has 0 unspecified atom stereocenters. The van der Waals surface area contributed by atoms with Gasteiger partial charge in [-0.15, -0.1) is 0 Å². The molecule has 0 bridgehead atoms. The molecule has 0 aromatic carbocycles. The van der Waals surface area contributed by atoms with Crippen LogP contribution in [-0.4, -0.2) is 32.6 Å². The average Bonchev–Trinajstić information content (AvgIpc) is 2.87. The Hall–Kier alpha value is 0.190. The fourth-order valence-corrected chi connectivity index (χ4v) is 0.895. The Labute approximate surface area is 77.9 Å². The van der Waals surface area contributed by atoms with Gasteiger partial charge in [0.05, 0.1) is 13.7 Å².